The highest BCUT2D eigenvalue weighted by Gasteiger charge is 2.30. The fraction of sp³-hybridized carbons (Fsp3) is 0.0169. The van der Waals surface area contributed by atoms with E-state index in [0.717, 1.165) is 38.8 Å². The Hall–Kier alpha value is -7.94. The molecule has 0 N–H and O–H groups in total. The fourth-order valence-electron chi connectivity index (χ4n) is 10.2. The number of rotatable bonds is 5. The molecule has 2 nitrogen and oxygen atoms in total. The molecule has 0 amide bonds. The summed E-state index contributed by atoms with van der Waals surface area (Å²) >= 11 is 0. The van der Waals surface area contributed by atoms with Gasteiger partial charge in [0.25, 0.3) is 0 Å². The van der Waals surface area contributed by atoms with Gasteiger partial charge in [0.1, 0.15) is 11.2 Å². The molecule has 13 rings (SSSR count). The van der Waals surface area contributed by atoms with Crippen LogP contribution >= 0.6 is 0 Å². The van der Waals surface area contributed by atoms with Gasteiger partial charge in [0.05, 0.1) is 11.0 Å². The highest BCUT2D eigenvalue weighted by Crippen LogP contribution is 2.49. The number of fused-ring (bicyclic) bond motifs is 10. The number of nitrogens with zero attached hydrogens (tertiary/aromatic N) is 1. The summed E-state index contributed by atoms with van der Waals surface area (Å²) < 4.78 is 8.84. The minimum atomic E-state index is 0.149. The lowest BCUT2D eigenvalue weighted by Crippen LogP contribution is -1.99. The average Bonchev–Trinajstić information content (AvgIpc) is 3.99. The normalized spacial score (nSPS) is 13.4. The third-order valence-corrected chi connectivity index (χ3v) is 13.1. The van der Waals surface area contributed by atoms with E-state index >= 15 is 0 Å². The van der Waals surface area contributed by atoms with Crippen molar-refractivity contribution >= 4 is 54.5 Å². The van der Waals surface area contributed by atoms with Gasteiger partial charge >= 0.3 is 0 Å². The van der Waals surface area contributed by atoms with Gasteiger partial charge in [-0.15, -0.1) is 0 Å². The number of para-hydroxylation sites is 3. The fourth-order valence-corrected chi connectivity index (χ4v) is 10.2. The summed E-state index contributed by atoms with van der Waals surface area (Å²) in [6, 6.07) is 80.1. The molecule has 0 fully saturated rings. The Morgan fingerprint density at radius 3 is 1.87 bits per heavy atom. The Morgan fingerprint density at radius 1 is 0.344 bits per heavy atom. The predicted molar refractivity (Wildman–Crippen MR) is 255 cm³/mol. The third-order valence-electron chi connectivity index (χ3n) is 13.1. The van der Waals surface area contributed by atoms with Crippen LogP contribution in [-0.4, -0.2) is 4.57 Å². The van der Waals surface area contributed by atoms with Crippen LogP contribution in [0.25, 0.3) is 105 Å². The van der Waals surface area contributed by atoms with Gasteiger partial charge in [0, 0.05) is 38.7 Å². The van der Waals surface area contributed by atoms with Crippen molar-refractivity contribution in [3.63, 3.8) is 0 Å². The molecule has 10 aromatic carbocycles. The first kappa shape index (κ1) is 34.0. The van der Waals surface area contributed by atoms with Crippen LogP contribution in [0.1, 0.15) is 22.6 Å². The zero-order valence-electron chi connectivity index (χ0n) is 33.2. The van der Waals surface area contributed by atoms with E-state index < -0.39 is 0 Å². The van der Waals surface area contributed by atoms with Gasteiger partial charge in [0.15, 0.2) is 0 Å². The topological polar surface area (TPSA) is 18.1 Å². The molecule has 61 heavy (non-hydrogen) atoms. The van der Waals surface area contributed by atoms with E-state index in [4.69, 9.17) is 4.42 Å². The number of furan rings is 1. The van der Waals surface area contributed by atoms with Crippen molar-refractivity contribution < 1.29 is 4.42 Å². The molecule has 0 spiro atoms. The van der Waals surface area contributed by atoms with Crippen LogP contribution in [0.4, 0.5) is 0 Å². The number of aromatic nitrogens is 1. The van der Waals surface area contributed by atoms with Gasteiger partial charge in [-0.2, -0.15) is 0 Å². The molecular weight excluding hydrogens is 739 g/mol. The van der Waals surface area contributed by atoms with Crippen LogP contribution in [0, 0.1) is 0 Å². The summed E-state index contributed by atoms with van der Waals surface area (Å²) in [7, 11) is 0. The van der Waals surface area contributed by atoms with Gasteiger partial charge in [-0.05, 0) is 109 Å². The molecule has 1 aliphatic rings. The zero-order valence-corrected chi connectivity index (χ0v) is 33.2. The highest BCUT2D eigenvalue weighted by atomic mass is 16.3. The lowest BCUT2D eigenvalue weighted by atomic mass is 9.87. The molecule has 1 aliphatic carbocycles. The highest BCUT2D eigenvalue weighted by molar-refractivity contribution is 6.11. The molecule has 0 aliphatic heterocycles. The lowest BCUT2D eigenvalue weighted by Gasteiger charge is -2.16. The van der Waals surface area contributed by atoms with Gasteiger partial charge < -0.3 is 8.98 Å². The number of hydrogen-bond donors (Lipinski definition) is 0. The first-order chi connectivity index (χ1) is 30.2. The Balaban J connectivity index is 0.897. The van der Waals surface area contributed by atoms with Gasteiger partial charge in [-0.3, -0.25) is 0 Å². The summed E-state index contributed by atoms with van der Waals surface area (Å²) in [5.74, 6) is 0.149. The first-order valence-corrected chi connectivity index (χ1v) is 21.1. The predicted octanol–water partition coefficient (Wildman–Crippen LogP) is 16.0. The molecular formula is C59H37NO. The monoisotopic (exact) mass is 775 g/mol. The van der Waals surface area contributed by atoms with E-state index in [1.54, 1.807) is 0 Å². The van der Waals surface area contributed by atoms with Gasteiger partial charge in [-0.1, -0.05) is 176 Å². The summed E-state index contributed by atoms with van der Waals surface area (Å²) in [5, 5.41) is 7.31. The van der Waals surface area contributed by atoms with Gasteiger partial charge in [-0.25, -0.2) is 0 Å². The minimum Gasteiger partial charge on any atom is -0.455 e. The van der Waals surface area contributed by atoms with Crippen LogP contribution in [0.5, 0.6) is 0 Å². The maximum Gasteiger partial charge on any atom is 0.143 e. The Bertz CT molecular complexity index is 3700. The molecule has 0 radical (unpaired) electrons. The van der Waals surface area contributed by atoms with Gasteiger partial charge in [0.2, 0.25) is 0 Å². The van der Waals surface area contributed by atoms with Crippen molar-refractivity contribution in [3.05, 3.63) is 235 Å². The number of benzene rings is 10. The van der Waals surface area contributed by atoms with Crippen molar-refractivity contribution in [3.8, 4) is 50.2 Å². The zero-order chi connectivity index (χ0) is 40.0. The minimum absolute atomic E-state index is 0.149. The third kappa shape index (κ3) is 5.29. The van der Waals surface area contributed by atoms with E-state index in [0.29, 0.717) is 0 Å². The Morgan fingerprint density at radius 2 is 0.967 bits per heavy atom. The summed E-state index contributed by atoms with van der Waals surface area (Å²) in [6.07, 6.45) is 0. The second-order valence-corrected chi connectivity index (χ2v) is 16.4. The maximum absolute atomic E-state index is 6.42. The Kier molecular flexibility index (Phi) is 7.40. The van der Waals surface area contributed by atoms with Crippen molar-refractivity contribution in [2.75, 3.05) is 0 Å². The van der Waals surface area contributed by atoms with Crippen molar-refractivity contribution in [1.82, 2.24) is 4.57 Å². The standard InChI is InChI=1S/C59H37NO/c1-2-11-41-34-42(25-22-37(41)10-1)38-20-23-40(24-21-38)58-52-15-4-3-12-47(52)48-32-28-43(35-54(48)58)44-29-33-50-49-13-5-7-18-55(49)60(56(50)36-44)45-30-26-39(27-31-45)46-16-9-17-53-51-14-6-8-19-57(51)61-59(46)53/h1-36,58H. The molecule has 2 heterocycles. The van der Waals surface area contributed by atoms with Crippen LogP contribution in [-0.2, 0) is 0 Å². The quantitative estimate of drug-likeness (QED) is 0.170. The largest absolute Gasteiger partial charge is 0.455 e. The molecule has 1 atom stereocenters. The van der Waals surface area contributed by atoms with Crippen molar-refractivity contribution in [2.45, 2.75) is 5.92 Å². The molecule has 2 heteroatoms. The molecule has 0 saturated carbocycles. The number of hydrogen-bond acceptors (Lipinski definition) is 1. The van der Waals surface area contributed by atoms with E-state index in [1.807, 2.05) is 12.1 Å². The van der Waals surface area contributed by atoms with Crippen LogP contribution in [0.3, 0.4) is 0 Å². The van der Waals surface area contributed by atoms with Crippen LogP contribution in [0.15, 0.2) is 223 Å². The van der Waals surface area contributed by atoms with E-state index in [2.05, 4.69) is 211 Å². The van der Waals surface area contributed by atoms with E-state index in [-0.39, 0.29) is 5.92 Å². The average molecular weight is 776 g/mol. The smallest absolute Gasteiger partial charge is 0.143 e. The summed E-state index contributed by atoms with van der Waals surface area (Å²) in [4.78, 5) is 0. The Labute approximate surface area is 353 Å². The molecule has 2 aromatic heterocycles. The molecule has 12 aromatic rings. The summed E-state index contributed by atoms with van der Waals surface area (Å²) in [6.45, 7) is 0. The van der Waals surface area contributed by atoms with Crippen molar-refractivity contribution in [1.29, 1.82) is 0 Å². The molecule has 0 saturated heterocycles. The van der Waals surface area contributed by atoms with Crippen molar-refractivity contribution in [2.24, 2.45) is 0 Å². The van der Waals surface area contributed by atoms with Crippen LogP contribution < -0.4 is 0 Å². The van der Waals surface area contributed by atoms with E-state index in [1.165, 1.54) is 82.6 Å². The molecule has 1 unspecified atom stereocenters. The second-order valence-electron chi connectivity index (χ2n) is 16.4. The lowest BCUT2D eigenvalue weighted by molar-refractivity contribution is 0.670. The second kappa shape index (κ2) is 13.3. The van der Waals surface area contributed by atoms with E-state index in [9.17, 15) is 0 Å². The molecule has 0 bridgehead atoms. The summed E-state index contributed by atoms with van der Waals surface area (Å²) in [5.41, 5.74) is 19.1. The van der Waals surface area contributed by atoms with Crippen LogP contribution in [0.2, 0.25) is 0 Å². The SMILES string of the molecule is c1ccc2c(c1)-c1ccc(-c3ccc4c5ccccc5n(-c5ccc(-c6cccc7c6oc6ccccc67)cc5)c4c3)cc1C2c1ccc(-c2ccc3ccccc3c2)cc1. The maximum atomic E-state index is 6.42. The molecule has 284 valence electrons. The first-order valence-electron chi connectivity index (χ1n) is 21.1.